The number of allylic oxidation sites excluding steroid dienone is 4. The number of amides is 1. The van der Waals surface area contributed by atoms with Crippen LogP contribution in [0.4, 0.5) is 0 Å². The van der Waals surface area contributed by atoms with Crippen molar-refractivity contribution in [2.45, 2.75) is 116 Å². The molecule has 10 atom stereocenters. The third kappa shape index (κ3) is 4.15. The van der Waals surface area contributed by atoms with E-state index in [2.05, 4.69) is 56.3 Å². The van der Waals surface area contributed by atoms with Gasteiger partial charge in [-0.2, -0.15) is 0 Å². The van der Waals surface area contributed by atoms with Crippen molar-refractivity contribution in [3.63, 3.8) is 0 Å². The van der Waals surface area contributed by atoms with E-state index in [0.717, 1.165) is 47.6 Å². The summed E-state index contributed by atoms with van der Waals surface area (Å²) in [6.45, 7) is 10.8. The SMILES string of the molecule is CC12CCC(C(=O)N(Cc3cccc4ccccc34)CC3(O)CCC4C56C=CC7(C=C5C(=O)c5ccco5)CC(O)CCC7(C)C6CCC43C)(OC1=O)C2(C)C. The van der Waals surface area contributed by atoms with Crippen molar-refractivity contribution in [3.05, 3.63) is 96.0 Å². The number of fused-ring (bicyclic) bond motifs is 4. The molecule has 11 rings (SSSR count). The van der Waals surface area contributed by atoms with Crippen molar-refractivity contribution in [1.82, 2.24) is 4.90 Å². The number of nitrogens with zero attached hydrogens (tertiary/aromatic N) is 1. The molecule has 7 aliphatic carbocycles. The van der Waals surface area contributed by atoms with Crippen LogP contribution in [0.2, 0.25) is 0 Å². The molecule has 8 aliphatic rings. The van der Waals surface area contributed by atoms with Crippen LogP contribution in [-0.4, -0.2) is 56.6 Å². The number of hydrogen-bond donors (Lipinski definition) is 2. The minimum atomic E-state index is -1.33. The number of hydrogen-bond acceptors (Lipinski definition) is 7. The van der Waals surface area contributed by atoms with Gasteiger partial charge in [-0.25, -0.2) is 0 Å². The molecule has 8 nitrogen and oxygen atoms in total. The molecule has 10 unspecified atom stereocenters. The predicted octanol–water partition coefficient (Wildman–Crippen LogP) is 8.36. The summed E-state index contributed by atoms with van der Waals surface area (Å²) in [6.07, 6.45) is 13.8. The highest BCUT2D eigenvalue weighted by molar-refractivity contribution is 6.09. The van der Waals surface area contributed by atoms with Gasteiger partial charge < -0.3 is 24.3 Å². The first kappa shape index (κ1) is 36.3. The zero-order chi connectivity index (χ0) is 39.3. The van der Waals surface area contributed by atoms with Crippen LogP contribution in [0, 0.1) is 44.3 Å². The van der Waals surface area contributed by atoms with Gasteiger partial charge in [-0.3, -0.25) is 14.4 Å². The molecule has 56 heavy (non-hydrogen) atoms. The lowest BCUT2D eigenvalue weighted by Gasteiger charge is -2.71. The smallest absolute Gasteiger partial charge is 0.313 e. The molecule has 4 bridgehead atoms. The quantitative estimate of drug-likeness (QED) is 0.141. The molecule has 4 saturated carbocycles. The van der Waals surface area contributed by atoms with Crippen LogP contribution in [-0.2, 0) is 20.9 Å². The van der Waals surface area contributed by atoms with E-state index in [1.165, 1.54) is 0 Å². The molecule has 2 spiro atoms. The molecule has 0 radical (unpaired) electrons. The Balaban J connectivity index is 1.08. The van der Waals surface area contributed by atoms with Crippen molar-refractivity contribution in [2.75, 3.05) is 6.54 Å². The van der Waals surface area contributed by atoms with Crippen LogP contribution >= 0.6 is 0 Å². The first-order chi connectivity index (χ1) is 26.5. The maximum Gasteiger partial charge on any atom is 0.313 e. The van der Waals surface area contributed by atoms with Gasteiger partial charge >= 0.3 is 5.97 Å². The Morgan fingerprint density at radius 1 is 0.839 bits per heavy atom. The summed E-state index contributed by atoms with van der Waals surface area (Å²) in [5.41, 5.74) is -4.38. The van der Waals surface area contributed by atoms with Crippen LogP contribution in [0.3, 0.4) is 0 Å². The summed E-state index contributed by atoms with van der Waals surface area (Å²) >= 11 is 0. The van der Waals surface area contributed by atoms with Crippen LogP contribution in [0.25, 0.3) is 10.8 Å². The molecule has 294 valence electrons. The fourth-order valence-electron chi connectivity index (χ4n) is 14.3. The van der Waals surface area contributed by atoms with Crippen LogP contribution in [0.15, 0.2) is 89.1 Å². The highest BCUT2D eigenvalue weighted by Crippen LogP contribution is 2.78. The Morgan fingerprint density at radius 2 is 1.57 bits per heavy atom. The van der Waals surface area contributed by atoms with E-state index < -0.39 is 44.4 Å². The first-order valence-electron chi connectivity index (χ1n) is 20.9. The molecule has 1 aliphatic heterocycles. The van der Waals surface area contributed by atoms with E-state index >= 15 is 4.79 Å². The van der Waals surface area contributed by atoms with E-state index in [9.17, 15) is 19.8 Å². The summed E-state index contributed by atoms with van der Waals surface area (Å²) < 4.78 is 12.0. The lowest BCUT2D eigenvalue weighted by molar-refractivity contribution is -0.187. The fraction of sp³-hybridized carbons (Fsp3) is 0.562. The number of esters is 1. The van der Waals surface area contributed by atoms with Crippen LogP contribution < -0.4 is 0 Å². The number of rotatable bonds is 7. The van der Waals surface area contributed by atoms with Crippen molar-refractivity contribution in [1.29, 1.82) is 0 Å². The Bertz CT molecular complexity index is 2250. The maximum absolute atomic E-state index is 15.5. The highest BCUT2D eigenvalue weighted by atomic mass is 16.6. The van der Waals surface area contributed by atoms with Gasteiger partial charge in [0, 0.05) is 33.8 Å². The van der Waals surface area contributed by atoms with Gasteiger partial charge in [0.2, 0.25) is 5.78 Å². The number of aliphatic hydroxyl groups is 2. The van der Waals surface area contributed by atoms with Crippen molar-refractivity contribution < 1.29 is 33.8 Å². The molecule has 1 saturated heterocycles. The van der Waals surface area contributed by atoms with Crippen LogP contribution in [0.1, 0.15) is 109 Å². The third-order valence-electron chi connectivity index (χ3n) is 18.1. The second-order valence-electron chi connectivity index (χ2n) is 20.1. The summed E-state index contributed by atoms with van der Waals surface area (Å²) in [4.78, 5) is 45.5. The van der Waals surface area contributed by atoms with Gasteiger partial charge in [-0.05, 0) is 110 Å². The lowest BCUT2D eigenvalue weighted by Crippen LogP contribution is -2.67. The van der Waals surface area contributed by atoms with Gasteiger partial charge in [-0.15, -0.1) is 0 Å². The van der Waals surface area contributed by atoms with Gasteiger partial charge in [-0.1, -0.05) is 88.4 Å². The fourth-order valence-corrected chi connectivity index (χ4v) is 14.3. The Morgan fingerprint density at radius 3 is 2.30 bits per heavy atom. The second kappa shape index (κ2) is 11.3. The number of carbonyl (C=O) groups excluding carboxylic acids is 3. The minimum absolute atomic E-state index is 0.0805. The Kier molecular flexibility index (Phi) is 7.36. The lowest BCUT2D eigenvalue weighted by atomic mass is 9.32. The molecular weight excluding hydrogens is 703 g/mol. The average Bonchev–Trinajstić information content (AvgIpc) is 3.89. The molecule has 2 aromatic carbocycles. The summed E-state index contributed by atoms with van der Waals surface area (Å²) in [7, 11) is 0. The largest absolute Gasteiger partial charge is 0.461 e. The molecular formula is C48H55NO7. The number of aliphatic hydroxyl groups excluding tert-OH is 1. The average molecular weight is 758 g/mol. The topological polar surface area (TPSA) is 117 Å². The molecule has 1 amide bonds. The molecule has 2 N–H and O–H groups in total. The van der Waals surface area contributed by atoms with E-state index in [1.807, 2.05) is 43.9 Å². The first-order valence-corrected chi connectivity index (χ1v) is 20.9. The monoisotopic (exact) mass is 757 g/mol. The highest BCUT2D eigenvalue weighted by Gasteiger charge is 2.78. The van der Waals surface area contributed by atoms with Crippen molar-refractivity contribution >= 4 is 28.4 Å². The number of ketones is 1. The number of Topliss-reactive ketones (excluding diaryl/α,β-unsaturated/α-hetero) is 1. The summed E-state index contributed by atoms with van der Waals surface area (Å²) in [6, 6.07) is 17.8. The number of ether oxygens (including phenoxy) is 1. The van der Waals surface area contributed by atoms with Crippen LogP contribution in [0.5, 0.6) is 0 Å². The van der Waals surface area contributed by atoms with Gasteiger partial charge in [0.05, 0.1) is 29.9 Å². The number of carbonyl (C=O) groups is 3. The Hall–Kier alpha value is -4.01. The predicted molar refractivity (Wildman–Crippen MR) is 211 cm³/mol. The normalized spacial score (nSPS) is 42.5. The zero-order valence-corrected chi connectivity index (χ0v) is 33.4. The third-order valence-corrected chi connectivity index (χ3v) is 18.1. The van der Waals surface area contributed by atoms with E-state index in [4.69, 9.17) is 9.15 Å². The van der Waals surface area contributed by atoms with E-state index in [0.29, 0.717) is 37.9 Å². The Labute approximate surface area is 329 Å². The minimum Gasteiger partial charge on any atom is -0.461 e. The molecule has 8 heteroatoms. The van der Waals surface area contributed by atoms with Gasteiger partial charge in [0.15, 0.2) is 11.4 Å². The van der Waals surface area contributed by atoms with Gasteiger partial charge in [0.1, 0.15) is 0 Å². The molecule has 2 heterocycles. The van der Waals surface area contributed by atoms with Crippen molar-refractivity contribution in [3.8, 4) is 0 Å². The summed E-state index contributed by atoms with van der Waals surface area (Å²) in [5, 5.41) is 26.6. The molecule has 5 fully saturated rings. The van der Waals surface area contributed by atoms with Crippen molar-refractivity contribution in [2.24, 2.45) is 44.3 Å². The van der Waals surface area contributed by atoms with E-state index in [-0.39, 0.29) is 48.0 Å². The zero-order valence-electron chi connectivity index (χ0n) is 33.4. The number of benzene rings is 2. The summed E-state index contributed by atoms with van der Waals surface area (Å²) in [5.74, 6) is -0.327. The van der Waals surface area contributed by atoms with E-state index in [1.54, 1.807) is 18.4 Å². The number of furan rings is 1. The maximum atomic E-state index is 15.5. The standard InChI is InChI=1S/C48H55NO7/c1-41(2)44(5)21-24-48(41,56-40(44)53)39(52)49(28-31-12-8-11-30-10-6-7-13-33(30)31)29-46(54)20-17-37-43(46,4)19-16-36-42(3)18-15-32(50)26-45(42)22-23-47(36,37)34(27-45)38(51)35-14-9-25-55-35/h6-14,22-23,25,27,32,36-37,50,54H,15-21,24,26,28-29H2,1-5H3. The second-order valence-corrected chi connectivity index (χ2v) is 20.1. The van der Waals surface area contributed by atoms with Gasteiger partial charge in [0.25, 0.3) is 5.91 Å². The molecule has 3 aromatic rings. The molecule has 1 aromatic heterocycles.